The van der Waals surface area contributed by atoms with Gasteiger partial charge < -0.3 is 14.5 Å². The third kappa shape index (κ3) is 3.02. The number of imidazole rings is 1. The van der Waals surface area contributed by atoms with Crippen LogP contribution in [-0.4, -0.2) is 54.8 Å². The number of H-pyrrole nitrogens is 1. The summed E-state index contributed by atoms with van der Waals surface area (Å²) < 4.78 is 39.1. The lowest BCUT2D eigenvalue weighted by molar-refractivity contribution is -0.179. The second-order valence-electron chi connectivity index (χ2n) is 7.14. The molecule has 3 aromatic rings. The first kappa shape index (κ1) is 17.8. The van der Waals surface area contributed by atoms with E-state index in [4.69, 9.17) is 9.47 Å². The first-order chi connectivity index (χ1) is 13.6. The zero-order valence-electron chi connectivity index (χ0n) is 15.3. The minimum absolute atomic E-state index is 0.271. The molecule has 2 aromatic carbocycles. The molecule has 0 amide bonds. The molecule has 3 heterocycles. The summed E-state index contributed by atoms with van der Waals surface area (Å²) in [7, 11) is -3.58. The van der Waals surface area contributed by atoms with Gasteiger partial charge in [0.15, 0.2) is 5.79 Å². The molecule has 0 unspecified atom stereocenters. The second-order valence-corrected chi connectivity index (χ2v) is 9.08. The summed E-state index contributed by atoms with van der Waals surface area (Å²) in [5.41, 5.74) is 2.40. The van der Waals surface area contributed by atoms with Crippen molar-refractivity contribution in [2.75, 3.05) is 26.3 Å². The van der Waals surface area contributed by atoms with Gasteiger partial charge in [-0.15, -0.1) is 0 Å². The van der Waals surface area contributed by atoms with E-state index in [1.54, 1.807) is 18.2 Å². The van der Waals surface area contributed by atoms with Gasteiger partial charge in [-0.05, 0) is 18.2 Å². The van der Waals surface area contributed by atoms with Gasteiger partial charge in [0.25, 0.3) is 0 Å². The van der Waals surface area contributed by atoms with E-state index in [1.165, 1.54) is 4.31 Å². The zero-order chi connectivity index (χ0) is 19.2. The molecule has 0 bridgehead atoms. The SMILES string of the molecule is O=S(=O)(c1ccc2nc(-c3ccccc3)[nH]c2c1)N1CCC2(CC1)OCCO2. The van der Waals surface area contributed by atoms with Crippen LogP contribution < -0.4 is 0 Å². The van der Waals surface area contributed by atoms with E-state index in [1.807, 2.05) is 30.3 Å². The van der Waals surface area contributed by atoms with Crippen LogP contribution in [-0.2, 0) is 19.5 Å². The minimum atomic E-state index is -3.58. The van der Waals surface area contributed by atoms with Crippen LogP contribution in [0.5, 0.6) is 0 Å². The summed E-state index contributed by atoms with van der Waals surface area (Å²) >= 11 is 0. The molecule has 0 aliphatic carbocycles. The third-order valence-corrected chi connectivity index (χ3v) is 7.33. The molecule has 2 aliphatic rings. The number of hydrogen-bond acceptors (Lipinski definition) is 5. The number of ether oxygens (including phenoxy) is 2. The Hall–Kier alpha value is -2.26. The number of nitrogens with zero attached hydrogens (tertiary/aromatic N) is 2. The standard InChI is InChI=1S/C20H21N3O4S/c24-28(25,23-10-8-20(9-11-23)26-12-13-27-20)16-6-7-17-18(14-16)22-19(21-17)15-4-2-1-3-5-15/h1-7,14H,8-13H2,(H,21,22). The molecule has 1 spiro atoms. The Bertz CT molecular complexity index is 1090. The van der Waals surface area contributed by atoms with E-state index >= 15 is 0 Å². The van der Waals surface area contributed by atoms with Crippen molar-refractivity contribution >= 4 is 21.1 Å². The molecule has 7 nitrogen and oxygen atoms in total. The number of piperidine rings is 1. The molecular weight excluding hydrogens is 378 g/mol. The highest BCUT2D eigenvalue weighted by Crippen LogP contribution is 2.34. The van der Waals surface area contributed by atoms with Gasteiger partial charge in [-0.1, -0.05) is 30.3 Å². The molecule has 8 heteroatoms. The normalized spacial score (nSPS) is 20.1. The van der Waals surface area contributed by atoms with Crippen LogP contribution in [0.2, 0.25) is 0 Å². The van der Waals surface area contributed by atoms with Gasteiger partial charge in [0.05, 0.1) is 29.1 Å². The maximum absolute atomic E-state index is 13.1. The number of sulfonamides is 1. The molecule has 28 heavy (non-hydrogen) atoms. The topological polar surface area (TPSA) is 84.5 Å². The maximum Gasteiger partial charge on any atom is 0.243 e. The summed E-state index contributed by atoms with van der Waals surface area (Å²) in [6.07, 6.45) is 1.10. The van der Waals surface area contributed by atoms with E-state index in [9.17, 15) is 8.42 Å². The molecule has 146 valence electrons. The average molecular weight is 399 g/mol. The van der Waals surface area contributed by atoms with E-state index < -0.39 is 15.8 Å². The van der Waals surface area contributed by atoms with Crippen molar-refractivity contribution < 1.29 is 17.9 Å². The summed E-state index contributed by atoms with van der Waals surface area (Å²) in [6.45, 7) is 1.93. The van der Waals surface area contributed by atoms with Crippen LogP contribution in [0.1, 0.15) is 12.8 Å². The molecule has 2 saturated heterocycles. The molecule has 0 radical (unpaired) electrons. The zero-order valence-corrected chi connectivity index (χ0v) is 16.1. The monoisotopic (exact) mass is 399 g/mol. The van der Waals surface area contributed by atoms with Crippen LogP contribution in [0.15, 0.2) is 53.4 Å². The second kappa shape index (κ2) is 6.66. The van der Waals surface area contributed by atoms with Crippen molar-refractivity contribution in [3.05, 3.63) is 48.5 Å². The fourth-order valence-electron chi connectivity index (χ4n) is 3.88. The van der Waals surface area contributed by atoms with Gasteiger partial charge in [0.1, 0.15) is 5.82 Å². The molecule has 5 rings (SSSR count). The van der Waals surface area contributed by atoms with E-state index in [0.717, 1.165) is 16.9 Å². The highest BCUT2D eigenvalue weighted by molar-refractivity contribution is 7.89. The molecule has 0 atom stereocenters. The number of fused-ring (bicyclic) bond motifs is 1. The minimum Gasteiger partial charge on any atom is -0.347 e. The van der Waals surface area contributed by atoms with Gasteiger partial charge in [0, 0.05) is 31.5 Å². The van der Waals surface area contributed by atoms with Crippen molar-refractivity contribution in [1.82, 2.24) is 14.3 Å². The van der Waals surface area contributed by atoms with Crippen molar-refractivity contribution in [2.24, 2.45) is 0 Å². The van der Waals surface area contributed by atoms with Gasteiger partial charge in [-0.3, -0.25) is 0 Å². The van der Waals surface area contributed by atoms with Crippen LogP contribution >= 0.6 is 0 Å². The van der Waals surface area contributed by atoms with Crippen LogP contribution in [0.3, 0.4) is 0 Å². The maximum atomic E-state index is 13.1. The molecule has 1 aromatic heterocycles. The number of benzene rings is 2. The van der Waals surface area contributed by atoms with Crippen molar-refractivity contribution in [3.8, 4) is 11.4 Å². The Balaban J connectivity index is 1.42. The molecular formula is C20H21N3O4S. The molecule has 1 N–H and O–H groups in total. The van der Waals surface area contributed by atoms with Crippen molar-refractivity contribution in [2.45, 2.75) is 23.5 Å². The Kier molecular flexibility index (Phi) is 4.24. The number of aromatic nitrogens is 2. The number of rotatable bonds is 3. The van der Waals surface area contributed by atoms with Crippen molar-refractivity contribution in [1.29, 1.82) is 0 Å². The van der Waals surface area contributed by atoms with Crippen molar-refractivity contribution in [3.63, 3.8) is 0 Å². The van der Waals surface area contributed by atoms with Gasteiger partial charge in [-0.2, -0.15) is 4.31 Å². The summed E-state index contributed by atoms with van der Waals surface area (Å²) in [4.78, 5) is 8.07. The number of hydrogen-bond donors (Lipinski definition) is 1. The fraction of sp³-hybridized carbons (Fsp3) is 0.350. The van der Waals surface area contributed by atoms with E-state index in [2.05, 4.69) is 9.97 Å². The van der Waals surface area contributed by atoms with Crippen LogP contribution in [0, 0.1) is 0 Å². The van der Waals surface area contributed by atoms with Gasteiger partial charge in [-0.25, -0.2) is 13.4 Å². The Labute approximate surface area is 163 Å². The molecule has 0 saturated carbocycles. The fourth-order valence-corrected chi connectivity index (χ4v) is 5.35. The smallest absolute Gasteiger partial charge is 0.243 e. The Morgan fingerprint density at radius 3 is 2.43 bits per heavy atom. The van der Waals surface area contributed by atoms with E-state index in [-0.39, 0.29) is 4.90 Å². The van der Waals surface area contributed by atoms with Gasteiger partial charge in [0.2, 0.25) is 10.0 Å². The highest BCUT2D eigenvalue weighted by atomic mass is 32.2. The quantitative estimate of drug-likeness (QED) is 0.732. The number of aromatic amines is 1. The van der Waals surface area contributed by atoms with Crippen LogP contribution in [0.25, 0.3) is 22.4 Å². The lowest BCUT2D eigenvalue weighted by atomic mass is 10.1. The van der Waals surface area contributed by atoms with E-state index in [0.29, 0.717) is 44.7 Å². The largest absolute Gasteiger partial charge is 0.347 e. The third-order valence-electron chi connectivity index (χ3n) is 5.44. The van der Waals surface area contributed by atoms with Crippen LogP contribution in [0.4, 0.5) is 0 Å². The van der Waals surface area contributed by atoms with Gasteiger partial charge >= 0.3 is 0 Å². The summed E-state index contributed by atoms with van der Waals surface area (Å²) in [5, 5.41) is 0. The first-order valence-corrected chi connectivity index (χ1v) is 10.8. The average Bonchev–Trinajstić information content (AvgIpc) is 3.35. The Morgan fingerprint density at radius 2 is 1.71 bits per heavy atom. The lowest BCUT2D eigenvalue weighted by Gasteiger charge is -2.36. The predicted molar refractivity (Wildman–Crippen MR) is 104 cm³/mol. The first-order valence-electron chi connectivity index (χ1n) is 9.39. The summed E-state index contributed by atoms with van der Waals surface area (Å²) in [5.74, 6) is 0.129. The molecule has 2 fully saturated rings. The summed E-state index contributed by atoms with van der Waals surface area (Å²) in [6, 6.07) is 14.8. The predicted octanol–water partition coefficient (Wildman–Crippen LogP) is 2.76. The lowest BCUT2D eigenvalue weighted by Crippen LogP contribution is -2.47. The molecule has 2 aliphatic heterocycles. The highest BCUT2D eigenvalue weighted by Gasteiger charge is 2.42. The Morgan fingerprint density at radius 1 is 1.00 bits per heavy atom. The number of nitrogens with one attached hydrogen (secondary N) is 1.